The molecule has 0 fully saturated rings. The molecule has 1 unspecified atom stereocenters. The molecule has 154 valence electrons. The first-order chi connectivity index (χ1) is 13.3. The first kappa shape index (κ1) is 24.9. The molecule has 5 nitrogen and oxygen atoms in total. The van der Waals surface area contributed by atoms with Crippen LogP contribution in [0.1, 0.15) is 29.6 Å². The minimum atomic E-state index is -1.08. The highest BCUT2D eigenvalue weighted by atomic mass is 127. The van der Waals surface area contributed by atoms with E-state index in [1.54, 1.807) is 49.2 Å². The van der Waals surface area contributed by atoms with E-state index in [4.69, 9.17) is 17.0 Å². The number of carbonyl (C=O) groups is 1. The lowest BCUT2D eigenvalue weighted by Crippen LogP contribution is -2.55. The summed E-state index contributed by atoms with van der Waals surface area (Å²) in [7, 11) is 1.58. The van der Waals surface area contributed by atoms with Gasteiger partial charge in [0.25, 0.3) is 5.91 Å². The Morgan fingerprint density at radius 3 is 2.57 bits per heavy atom. The van der Waals surface area contributed by atoms with Gasteiger partial charge in [0, 0.05) is 5.56 Å². The fourth-order valence-corrected chi connectivity index (χ4v) is 4.20. The second kappa shape index (κ2) is 12.5. The predicted octanol–water partition coefficient (Wildman–Crippen LogP) is 3.91. The van der Waals surface area contributed by atoms with Gasteiger partial charge in [0.2, 0.25) is 0 Å². The zero-order valence-corrected chi connectivity index (χ0v) is 20.0. The van der Waals surface area contributed by atoms with Crippen LogP contribution in [0.2, 0.25) is 0 Å². The highest BCUT2D eigenvalue weighted by Crippen LogP contribution is 2.25. The Balaban J connectivity index is 2.89. The molecule has 0 bridgehead atoms. The van der Waals surface area contributed by atoms with E-state index in [1.165, 1.54) is 0 Å². The van der Waals surface area contributed by atoms with Crippen molar-refractivity contribution in [1.29, 1.82) is 0 Å². The number of hydrogen-bond donors (Lipinski definition) is 3. The van der Waals surface area contributed by atoms with Gasteiger partial charge in [-0.2, -0.15) is 11.8 Å². The van der Waals surface area contributed by atoms with Crippen LogP contribution < -0.4 is 15.4 Å². The van der Waals surface area contributed by atoms with Crippen molar-refractivity contribution in [3.05, 3.63) is 52.6 Å². The number of halogens is 1. The van der Waals surface area contributed by atoms with Gasteiger partial charge in [0.15, 0.2) is 5.11 Å². The molecule has 0 saturated heterocycles. The second-order valence-electron chi connectivity index (χ2n) is 6.20. The monoisotopic (exact) mass is 534 g/mol. The minimum Gasteiger partial charge on any atom is -0.496 e. The van der Waals surface area contributed by atoms with Gasteiger partial charge in [0.1, 0.15) is 5.75 Å². The van der Waals surface area contributed by atoms with Crippen molar-refractivity contribution in [3.8, 4) is 5.75 Å². The molecule has 1 rings (SSSR count). The Morgan fingerprint density at radius 1 is 1.43 bits per heavy atom. The molecule has 1 atom stereocenters. The van der Waals surface area contributed by atoms with Crippen LogP contribution in [-0.2, 0) is 0 Å². The van der Waals surface area contributed by atoms with Crippen molar-refractivity contribution in [1.82, 2.24) is 10.6 Å². The molecule has 0 aliphatic rings. The first-order valence-corrected chi connectivity index (χ1v) is 11.6. The Labute approximate surface area is 190 Å². The lowest BCUT2D eigenvalue weighted by atomic mass is 9.85. The average Bonchev–Trinajstić information content (AvgIpc) is 2.65. The topological polar surface area (TPSA) is 70.6 Å². The van der Waals surface area contributed by atoms with Crippen molar-refractivity contribution in [2.75, 3.05) is 19.1 Å². The molecule has 1 aromatic carbocycles. The summed E-state index contributed by atoms with van der Waals surface area (Å²) in [5.74, 6) is 1.22. The summed E-state index contributed by atoms with van der Waals surface area (Å²) in [4.78, 5) is 12.5. The Hall–Kier alpha value is -1.10. The smallest absolute Gasteiger partial charge is 0.257 e. The van der Waals surface area contributed by atoms with Gasteiger partial charge in [-0.15, -0.1) is 13.2 Å². The molecule has 3 N–H and O–H groups in total. The number of benzene rings is 1. The number of ether oxygens (including phenoxy) is 1. The van der Waals surface area contributed by atoms with Crippen molar-refractivity contribution in [2.24, 2.45) is 0 Å². The first-order valence-electron chi connectivity index (χ1n) is 8.69. The highest BCUT2D eigenvalue weighted by molar-refractivity contribution is 14.1. The van der Waals surface area contributed by atoms with Crippen molar-refractivity contribution >= 4 is 57.6 Å². The maximum absolute atomic E-state index is 12.5. The van der Waals surface area contributed by atoms with Gasteiger partial charge in [-0.3, -0.25) is 10.1 Å². The number of amides is 1. The maximum Gasteiger partial charge on any atom is 0.257 e. The molecule has 0 aliphatic heterocycles. The zero-order chi connectivity index (χ0) is 21.2. The van der Waals surface area contributed by atoms with E-state index in [0.717, 1.165) is 9.32 Å². The molecule has 0 saturated carbocycles. The van der Waals surface area contributed by atoms with Crippen LogP contribution in [0.15, 0.2) is 43.5 Å². The quantitative estimate of drug-likeness (QED) is 0.227. The molecule has 1 aromatic rings. The Kier molecular flexibility index (Phi) is 11.1. The third-order valence-electron chi connectivity index (χ3n) is 4.20. The Morgan fingerprint density at radius 2 is 2.07 bits per heavy atom. The molecule has 1 amide bonds. The van der Waals surface area contributed by atoms with Crippen LogP contribution >= 0.6 is 46.6 Å². The molecule has 0 heterocycles. The molecule has 0 spiro atoms. The number of methoxy groups -OCH3 is 1. The van der Waals surface area contributed by atoms with Crippen LogP contribution in [0.3, 0.4) is 0 Å². The number of thioether (sulfide) groups is 1. The predicted molar refractivity (Wildman–Crippen MR) is 130 cm³/mol. The molecule has 28 heavy (non-hydrogen) atoms. The number of aliphatic hydroxyl groups is 1. The van der Waals surface area contributed by atoms with Crippen LogP contribution in [0.4, 0.5) is 0 Å². The fraction of sp³-hybridized carbons (Fsp3) is 0.400. The largest absolute Gasteiger partial charge is 0.496 e. The molecule has 0 aromatic heterocycles. The molecular formula is C20H27IN2O3S2. The standard InChI is InChI=1S/C20H27IN2O3S2/c1-5-10-20(25,11-6-2)17(9-12-28-4)22-19(27)23-18(24)14-7-8-16(26-3)15(21)13-14/h5-8,13,17,25H,1-2,9-12H2,3-4H3,(H2,22,23,24,27). The molecule has 0 radical (unpaired) electrons. The normalized spacial score (nSPS) is 12.0. The SMILES string of the molecule is C=CCC(O)(CC=C)C(CCSC)NC(=S)NC(=O)c1ccc(OC)c(I)c1. The summed E-state index contributed by atoms with van der Waals surface area (Å²) >= 11 is 9.12. The molecule has 0 aliphatic carbocycles. The third-order valence-corrected chi connectivity index (χ3v) is 5.91. The van der Waals surface area contributed by atoms with Gasteiger partial charge < -0.3 is 15.2 Å². The van der Waals surface area contributed by atoms with Gasteiger partial charge >= 0.3 is 0 Å². The van der Waals surface area contributed by atoms with Crippen molar-refractivity contribution < 1.29 is 14.6 Å². The molecular weight excluding hydrogens is 507 g/mol. The van der Waals surface area contributed by atoms with Crippen LogP contribution in [0.25, 0.3) is 0 Å². The van der Waals surface area contributed by atoms with E-state index in [-0.39, 0.29) is 17.1 Å². The van der Waals surface area contributed by atoms with E-state index >= 15 is 0 Å². The maximum atomic E-state index is 12.5. The fourth-order valence-electron chi connectivity index (χ4n) is 2.76. The third kappa shape index (κ3) is 7.38. The van der Waals surface area contributed by atoms with E-state index in [1.807, 2.05) is 6.26 Å². The zero-order valence-electron chi connectivity index (χ0n) is 16.2. The van der Waals surface area contributed by atoms with Gasteiger partial charge in [0.05, 0.1) is 22.3 Å². The van der Waals surface area contributed by atoms with Gasteiger partial charge in [-0.1, -0.05) is 12.2 Å². The van der Waals surface area contributed by atoms with Crippen molar-refractivity contribution in [2.45, 2.75) is 30.9 Å². The lowest BCUT2D eigenvalue weighted by Gasteiger charge is -2.36. The highest BCUT2D eigenvalue weighted by Gasteiger charge is 2.34. The average molecular weight is 534 g/mol. The summed E-state index contributed by atoms with van der Waals surface area (Å²) in [6.45, 7) is 7.48. The van der Waals surface area contributed by atoms with Crippen LogP contribution in [0.5, 0.6) is 5.75 Å². The van der Waals surface area contributed by atoms with Crippen LogP contribution in [-0.4, -0.2) is 46.9 Å². The second-order valence-corrected chi connectivity index (χ2v) is 8.76. The van der Waals surface area contributed by atoms with E-state index in [2.05, 4.69) is 46.4 Å². The number of carbonyl (C=O) groups excluding carboxylic acids is 1. The van der Waals surface area contributed by atoms with E-state index in [9.17, 15) is 9.90 Å². The summed E-state index contributed by atoms with van der Waals surface area (Å²) in [6, 6.07) is 4.80. The van der Waals surface area contributed by atoms with E-state index in [0.29, 0.717) is 30.6 Å². The number of thiocarbonyl (C=S) groups is 1. The summed E-state index contributed by atoms with van der Waals surface area (Å²) in [5, 5.41) is 17.1. The number of hydrogen-bond acceptors (Lipinski definition) is 5. The summed E-state index contributed by atoms with van der Waals surface area (Å²) < 4.78 is 6.04. The van der Waals surface area contributed by atoms with E-state index < -0.39 is 5.60 Å². The summed E-state index contributed by atoms with van der Waals surface area (Å²) in [6.07, 6.45) is 6.81. The number of rotatable bonds is 11. The lowest BCUT2D eigenvalue weighted by molar-refractivity contribution is 0.0120. The van der Waals surface area contributed by atoms with Crippen LogP contribution in [0, 0.1) is 3.57 Å². The Bertz CT molecular complexity index is 703. The minimum absolute atomic E-state index is 0.175. The van der Waals surface area contributed by atoms with Crippen molar-refractivity contribution in [3.63, 3.8) is 0 Å². The van der Waals surface area contributed by atoms with Gasteiger partial charge in [-0.25, -0.2) is 0 Å². The molecule has 8 heteroatoms. The number of nitrogens with one attached hydrogen (secondary N) is 2. The summed E-state index contributed by atoms with van der Waals surface area (Å²) in [5.41, 5.74) is -0.605. The van der Waals surface area contributed by atoms with Gasteiger partial charge in [-0.05, 0) is 84.3 Å².